The Labute approximate surface area is 289 Å². The number of hydrogen-bond donors (Lipinski definition) is 2. The van der Waals surface area contributed by atoms with Crippen LogP contribution in [0.3, 0.4) is 0 Å². The summed E-state index contributed by atoms with van der Waals surface area (Å²) in [7, 11) is -1.18. The number of ether oxygens (including phenoxy) is 1. The summed E-state index contributed by atoms with van der Waals surface area (Å²) < 4.78 is 12.5. The lowest BCUT2D eigenvalue weighted by atomic mass is 9.58. The van der Waals surface area contributed by atoms with Crippen LogP contribution in [0, 0.1) is 27.9 Å². The number of nitro groups is 1. The molecule has 0 spiro atoms. The second kappa shape index (κ2) is 14.1. The number of imide groups is 1. The zero-order chi connectivity index (χ0) is 34.8. The van der Waals surface area contributed by atoms with Gasteiger partial charge in [0.05, 0.1) is 28.6 Å². The van der Waals surface area contributed by atoms with Crippen molar-refractivity contribution < 1.29 is 34.0 Å². The van der Waals surface area contributed by atoms with Crippen molar-refractivity contribution in [2.45, 2.75) is 31.7 Å². The second-order valence-electron chi connectivity index (χ2n) is 12.8. The van der Waals surface area contributed by atoms with Crippen molar-refractivity contribution in [3.63, 3.8) is 0 Å². The highest BCUT2D eigenvalue weighted by Crippen LogP contribution is 2.51. The van der Waals surface area contributed by atoms with Crippen molar-refractivity contribution in [1.29, 1.82) is 0 Å². The zero-order valence-corrected chi connectivity index (χ0v) is 27.1. The minimum Gasteiger partial charge on any atom is -0.507 e. The Kier molecular flexibility index (Phi) is 9.34. The molecular weight excluding hydrogens is 635 g/mol. The Balaban J connectivity index is 1.25. The van der Waals surface area contributed by atoms with Crippen molar-refractivity contribution in [2.75, 3.05) is 11.5 Å². The Morgan fingerprint density at radius 3 is 2.40 bits per heavy atom. The van der Waals surface area contributed by atoms with E-state index in [9.17, 15) is 29.8 Å². The number of non-ortho nitro benzene ring substituents is 1. The molecule has 2 N–H and O–H groups in total. The highest BCUT2D eigenvalue weighted by Gasteiger charge is 2.57. The number of phenols is 1. The first-order valence-electron chi connectivity index (χ1n) is 16.7. The van der Waals surface area contributed by atoms with Crippen molar-refractivity contribution in [3.05, 3.63) is 142 Å². The van der Waals surface area contributed by atoms with E-state index in [0.717, 1.165) is 27.2 Å². The molecule has 2 saturated heterocycles. The lowest BCUT2D eigenvalue weighted by Crippen LogP contribution is -2.46. The van der Waals surface area contributed by atoms with Gasteiger partial charge in [-0.3, -0.25) is 19.7 Å². The average Bonchev–Trinajstić information content (AvgIpc) is 3.38. The SMILES string of the molecule is O=C1[C@@H]2[C@@H](CC(COc3ccccc3)=C3[C@@H](CC/C(=C/c4ccccc4O)c4ccccc4)OB(O)C[C@@H]32)C(=O)N1c1cccc([N+](=O)[O-])c1. The third kappa shape index (κ3) is 6.57. The first kappa shape index (κ1) is 33.0. The van der Waals surface area contributed by atoms with Crippen LogP contribution >= 0.6 is 0 Å². The maximum absolute atomic E-state index is 14.2. The summed E-state index contributed by atoms with van der Waals surface area (Å²) >= 11 is 0. The molecule has 2 heterocycles. The summed E-state index contributed by atoms with van der Waals surface area (Å²) in [6.45, 7) is 0.159. The smallest absolute Gasteiger partial charge is 0.455 e. The molecule has 3 aliphatic rings. The Bertz CT molecular complexity index is 1980. The van der Waals surface area contributed by atoms with Crippen LogP contribution in [0.25, 0.3) is 11.6 Å². The number of phenolic OH excluding ortho intramolecular Hbond substituents is 1. The third-order valence-electron chi connectivity index (χ3n) is 9.85. The summed E-state index contributed by atoms with van der Waals surface area (Å²) in [5.41, 5.74) is 4.21. The van der Waals surface area contributed by atoms with Crippen LogP contribution in [0.15, 0.2) is 120 Å². The molecule has 4 aromatic carbocycles. The lowest BCUT2D eigenvalue weighted by molar-refractivity contribution is -0.384. The van der Waals surface area contributed by atoms with Gasteiger partial charge in [0, 0.05) is 17.7 Å². The van der Waals surface area contributed by atoms with E-state index in [0.29, 0.717) is 24.2 Å². The maximum Gasteiger partial charge on any atom is 0.455 e. The summed E-state index contributed by atoms with van der Waals surface area (Å²) in [5.74, 6) is -2.07. The van der Waals surface area contributed by atoms with Gasteiger partial charge >= 0.3 is 7.12 Å². The van der Waals surface area contributed by atoms with E-state index >= 15 is 0 Å². The highest BCUT2D eigenvalue weighted by molar-refractivity contribution is 6.43. The van der Waals surface area contributed by atoms with E-state index in [2.05, 4.69) is 0 Å². The molecule has 0 aromatic heterocycles. The van der Waals surface area contributed by atoms with Crippen LogP contribution in [-0.4, -0.2) is 46.7 Å². The zero-order valence-electron chi connectivity index (χ0n) is 27.1. The molecule has 0 unspecified atom stereocenters. The number of rotatable bonds is 10. The van der Waals surface area contributed by atoms with Gasteiger partial charge in [0.15, 0.2) is 0 Å². The number of carbonyl (C=O) groups excluding carboxylic acids is 2. The first-order valence-corrected chi connectivity index (χ1v) is 16.7. The van der Waals surface area contributed by atoms with Crippen LogP contribution in [0.4, 0.5) is 11.4 Å². The van der Waals surface area contributed by atoms with Crippen LogP contribution < -0.4 is 9.64 Å². The Morgan fingerprint density at radius 1 is 0.940 bits per heavy atom. The van der Waals surface area contributed by atoms with Gasteiger partial charge in [-0.25, -0.2) is 4.90 Å². The number of hydrogen-bond acceptors (Lipinski definition) is 8. The van der Waals surface area contributed by atoms with Gasteiger partial charge < -0.3 is 19.5 Å². The monoisotopic (exact) mass is 670 g/mol. The first-order chi connectivity index (χ1) is 24.3. The fourth-order valence-electron chi connectivity index (χ4n) is 7.62. The molecule has 50 heavy (non-hydrogen) atoms. The molecule has 2 aliphatic heterocycles. The lowest BCUT2D eigenvalue weighted by Gasteiger charge is -2.43. The average molecular weight is 671 g/mol. The number of benzene rings is 4. The summed E-state index contributed by atoms with van der Waals surface area (Å²) in [6, 6.07) is 31.8. The number of nitrogens with zero attached hydrogens (tertiary/aromatic N) is 2. The Hall–Kier alpha value is -5.52. The van der Waals surface area contributed by atoms with E-state index in [-0.39, 0.29) is 36.5 Å². The summed E-state index contributed by atoms with van der Waals surface area (Å²) in [5, 5.41) is 33.2. The molecule has 1 aliphatic carbocycles. The minimum absolute atomic E-state index is 0.114. The van der Waals surface area contributed by atoms with Crippen LogP contribution in [0.5, 0.6) is 11.5 Å². The largest absolute Gasteiger partial charge is 0.507 e. The van der Waals surface area contributed by atoms with Gasteiger partial charge in [-0.15, -0.1) is 0 Å². The molecule has 0 radical (unpaired) electrons. The molecule has 2 amide bonds. The van der Waals surface area contributed by atoms with Gasteiger partial charge in [0.1, 0.15) is 18.1 Å². The number of amides is 2. The molecule has 4 aromatic rings. The van der Waals surface area contributed by atoms with Gasteiger partial charge in [-0.1, -0.05) is 72.8 Å². The highest BCUT2D eigenvalue weighted by atomic mass is 16.6. The van der Waals surface area contributed by atoms with Crippen molar-refractivity contribution in [3.8, 4) is 11.5 Å². The summed E-state index contributed by atoms with van der Waals surface area (Å²) in [4.78, 5) is 40.3. The van der Waals surface area contributed by atoms with Gasteiger partial charge in [-0.2, -0.15) is 0 Å². The van der Waals surface area contributed by atoms with Crippen molar-refractivity contribution in [1.82, 2.24) is 0 Å². The normalized spacial score (nSPS) is 22.0. The van der Waals surface area contributed by atoms with E-state index in [4.69, 9.17) is 9.39 Å². The van der Waals surface area contributed by atoms with Crippen LogP contribution in [0.2, 0.25) is 6.32 Å². The van der Waals surface area contributed by atoms with Crippen LogP contribution in [0.1, 0.15) is 30.4 Å². The maximum atomic E-state index is 14.2. The fourth-order valence-corrected chi connectivity index (χ4v) is 7.62. The van der Waals surface area contributed by atoms with E-state index in [1.165, 1.54) is 24.3 Å². The third-order valence-corrected chi connectivity index (χ3v) is 9.85. The van der Waals surface area contributed by atoms with Gasteiger partial charge in [-0.05, 0) is 84.1 Å². The number of fused-ring (bicyclic) bond motifs is 3. The topological polar surface area (TPSA) is 139 Å². The number of anilines is 1. The predicted molar refractivity (Wildman–Crippen MR) is 189 cm³/mol. The molecule has 2 fully saturated rings. The molecule has 7 rings (SSSR count). The number of carbonyl (C=O) groups is 2. The molecule has 10 nitrogen and oxygen atoms in total. The van der Waals surface area contributed by atoms with Gasteiger partial charge in [0.25, 0.3) is 5.69 Å². The summed E-state index contributed by atoms with van der Waals surface area (Å²) in [6.07, 6.45) is 2.67. The fraction of sp³-hybridized carbons (Fsp3) is 0.231. The molecular formula is C39H35BN2O8. The molecule has 252 valence electrons. The molecule has 4 atom stereocenters. The number of aromatic hydroxyl groups is 1. The second-order valence-corrected chi connectivity index (χ2v) is 12.8. The molecule has 0 saturated carbocycles. The standard InChI is InChI=1S/C39H35BN2O8/c43-34-17-8-7-12-27(34)20-26(25-10-3-1-4-11-25)18-19-35-36-28(24-49-31-15-5-2-6-16-31)21-32-37(33(36)23-40(46)50-35)39(45)41(38(32)44)29-13-9-14-30(22-29)42(47)48/h1-17,20,22,32-33,35,37,43,46H,18-19,21,23-24H2/b26-20-/t32-,33+,35-,37-/m1/s1. The van der Waals surface area contributed by atoms with Crippen molar-refractivity contribution in [2.24, 2.45) is 17.8 Å². The molecule has 11 heteroatoms. The number of nitro benzene ring substituents is 1. The molecule has 0 bridgehead atoms. The number of allylic oxidation sites excluding steroid dienone is 1. The van der Waals surface area contributed by atoms with Gasteiger partial charge in [0.2, 0.25) is 11.8 Å². The predicted octanol–water partition coefficient (Wildman–Crippen LogP) is 6.70. The minimum atomic E-state index is -1.18. The Morgan fingerprint density at radius 2 is 1.66 bits per heavy atom. The van der Waals surface area contributed by atoms with Crippen molar-refractivity contribution >= 4 is 42.0 Å². The van der Waals surface area contributed by atoms with E-state index in [1.54, 1.807) is 12.1 Å². The van der Waals surface area contributed by atoms with E-state index < -0.39 is 47.7 Å². The quantitative estimate of drug-likeness (QED) is 0.0475. The van der Waals surface area contributed by atoms with E-state index in [1.807, 2.05) is 78.9 Å². The van der Waals surface area contributed by atoms with Crippen LogP contribution in [-0.2, 0) is 14.2 Å². The number of para-hydroxylation sites is 2.